The summed E-state index contributed by atoms with van der Waals surface area (Å²) in [5.41, 5.74) is 0. The first-order valence-electron chi connectivity index (χ1n) is 4.25. The van der Waals surface area contributed by atoms with Crippen LogP contribution >= 0.6 is 8.96 Å². The molecule has 0 aromatic heterocycles. The molecule has 3 heteroatoms. The van der Waals surface area contributed by atoms with Crippen molar-refractivity contribution in [1.82, 2.24) is 4.67 Å². The van der Waals surface area contributed by atoms with Gasteiger partial charge in [-0.05, 0) is 34.6 Å². The summed E-state index contributed by atoms with van der Waals surface area (Å²) in [6.07, 6.45) is 0. The molecule has 0 radical (unpaired) electrons. The highest BCUT2D eigenvalue weighted by atomic mass is 31.1. The van der Waals surface area contributed by atoms with E-state index in [9.17, 15) is 0 Å². The minimum Gasteiger partial charge on any atom is -0.347 e. The van der Waals surface area contributed by atoms with Crippen LogP contribution in [0.25, 0.3) is 0 Å². The van der Waals surface area contributed by atoms with Crippen molar-refractivity contribution in [2.24, 2.45) is 0 Å². The summed E-state index contributed by atoms with van der Waals surface area (Å²) in [6.45, 7) is 11.6. The molecule has 0 aliphatic heterocycles. The molecular formula is C8H20NOP. The van der Waals surface area contributed by atoms with Crippen molar-refractivity contribution < 1.29 is 4.52 Å². The van der Waals surface area contributed by atoms with Gasteiger partial charge in [0.15, 0.2) is 0 Å². The molecule has 0 heterocycles. The Morgan fingerprint density at radius 3 is 1.91 bits per heavy atom. The molecule has 0 N–H and O–H groups in total. The summed E-state index contributed by atoms with van der Waals surface area (Å²) >= 11 is 0. The minimum atomic E-state index is 0.517. The van der Waals surface area contributed by atoms with Crippen LogP contribution in [0.2, 0.25) is 0 Å². The zero-order valence-electron chi connectivity index (χ0n) is 8.22. The van der Waals surface area contributed by atoms with E-state index in [1.54, 1.807) is 0 Å². The summed E-state index contributed by atoms with van der Waals surface area (Å²) in [7, 11) is 0.517. The quantitative estimate of drug-likeness (QED) is 0.598. The highest BCUT2D eigenvalue weighted by molar-refractivity contribution is 7.29. The van der Waals surface area contributed by atoms with Crippen molar-refractivity contribution in [1.29, 1.82) is 0 Å². The maximum Gasteiger partial charge on any atom is 0.0893 e. The van der Waals surface area contributed by atoms with Crippen LogP contribution in [0.5, 0.6) is 0 Å². The van der Waals surface area contributed by atoms with E-state index >= 15 is 0 Å². The topological polar surface area (TPSA) is 12.5 Å². The Morgan fingerprint density at radius 2 is 1.64 bits per heavy atom. The smallest absolute Gasteiger partial charge is 0.0893 e. The van der Waals surface area contributed by atoms with Crippen LogP contribution in [-0.4, -0.2) is 23.4 Å². The fraction of sp³-hybridized carbons (Fsp3) is 1.00. The molecule has 1 unspecified atom stereocenters. The second-order valence-corrected chi connectivity index (χ2v) is 4.11. The minimum absolute atomic E-state index is 0.517. The third kappa shape index (κ3) is 4.73. The van der Waals surface area contributed by atoms with Crippen LogP contribution in [0.3, 0.4) is 0 Å². The van der Waals surface area contributed by atoms with E-state index in [1.807, 2.05) is 6.92 Å². The van der Waals surface area contributed by atoms with Gasteiger partial charge in [0.25, 0.3) is 0 Å². The van der Waals surface area contributed by atoms with Crippen LogP contribution in [0, 0.1) is 0 Å². The Kier molecular flexibility index (Phi) is 6.12. The van der Waals surface area contributed by atoms with E-state index in [2.05, 4.69) is 32.4 Å². The fourth-order valence-electron chi connectivity index (χ4n) is 0.946. The molecule has 0 aliphatic rings. The summed E-state index contributed by atoms with van der Waals surface area (Å²) in [5.74, 6) is 0. The lowest BCUT2D eigenvalue weighted by Gasteiger charge is -2.28. The lowest BCUT2D eigenvalue weighted by molar-refractivity contribution is 0.275. The van der Waals surface area contributed by atoms with Gasteiger partial charge in [0.1, 0.15) is 0 Å². The van der Waals surface area contributed by atoms with E-state index in [-0.39, 0.29) is 0 Å². The molecular weight excluding hydrogens is 157 g/mol. The first kappa shape index (κ1) is 11.4. The molecule has 0 bridgehead atoms. The average Bonchev–Trinajstić information content (AvgIpc) is 1.87. The van der Waals surface area contributed by atoms with E-state index in [4.69, 9.17) is 4.52 Å². The van der Waals surface area contributed by atoms with Gasteiger partial charge in [-0.2, -0.15) is 0 Å². The van der Waals surface area contributed by atoms with Crippen LogP contribution in [0.15, 0.2) is 0 Å². The van der Waals surface area contributed by atoms with Gasteiger partial charge in [0.2, 0.25) is 0 Å². The van der Waals surface area contributed by atoms with Crippen LogP contribution in [-0.2, 0) is 4.52 Å². The number of rotatable bonds is 5. The van der Waals surface area contributed by atoms with Crippen molar-refractivity contribution in [3.05, 3.63) is 0 Å². The first-order chi connectivity index (χ1) is 5.09. The number of nitrogens with zero attached hydrogens (tertiary/aromatic N) is 1. The van der Waals surface area contributed by atoms with Crippen LogP contribution in [0.1, 0.15) is 34.6 Å². The Balaban J connectivity index is 3.70. The second-order valence-electron chi connectivity index (χ2n) is 3.12. The average molecular weight is 177 g/mol. The van der Waals surface area contributed by atoms with Gasteiger partial charge in [-0.25, -0.2) is 0 Å². The van der Waals surface area contributed by atoms with Gasteiger partial charge >= 0.3 is 0 Å². The van der Waals surface area contributed by atoms with Crippen LogP contribution in [0.4, 0.5) is 0 Å². The molecule has 0 saturated carbocycles. The third-order valence-electron chi connectivity index (χ3n) is 1.43. The normalized spacial score (nSPS) is 13.1. The molecule has 1 atom stereocenters. The molecule has 0 amide bonds. The molecule has 0 fully saturated rings. The molecule has 0 saturated heterocycles. The largest absolute Gasteiger partial charge is 0.347 e. The molecule has 0 aromatic rings. The maximum absolute atomic E-state index is 5.37. The molecule has 0 aliphatic carbocycles. The molecule has 0 spiro atoms. The van der Waals surface area contributed by atoms with Crippen molar-refractivity contribution in [2.45, 2.75) is 46.7 Å². The van der Waals surface area contributed by atoms with Crippen LogP contribution < -0.4 is 0 Å². The van der Waals surface area contributed by atoms with E-state index in [1.165, 1.54) is 0 Å². The Bertz CT molecular complexity index is 88.1. The molecule has 0 aromatic carbocycles. The van der Waals surface area contributed by atoms with Gasteiger partial charge in [-0.3, -0.25) is 4.67 Å². The van der Waals surface area contributed by atoms with E-state index in [0.29, 0.717) is 21.0 Å². The van der Waals surface area contributed by atoms with E-state index < -0.39 is 0 Å². The lowest BCUT2D eigenvalue weighted by atomic mass is 10.3. The van der Waals surface area contributed by atoms with Gasteiger partial charge in [-0.1, -0.05) is 0 Å². The zero-order valence-corrected chi connectivity index (χ0v) is 9.22. The summed E-state index contributed by atoms with van der Waals surface area (Å²) in [4.78, 5) is 0. The first-order valence-corrected chi connectivity index (χ1v) is 5.10. The summed E-state index contributed by atoms with van der Waals surface area (Å²) in [5, 5.41) is 0. The Morgan fingerprint density at radius 1 is 1.18 bits per heavy atom. The lowest BCUT2D eigenvalue weighted by Crippen LogP contribution is -2.29. The molecule has 68 valence electrons. The maximum atomic E-state index is 5.37. The van der Waals surface area contributed by atoms with Gasteiger partial charge in [-0.15, -0.1) is 0 Å². The summed E-state index contributed by atoms with van der Waals surface area (Å²) < 4.78 is 7.72. The molecule has 11 heavy (non-hydrogen) atoms. The van der Waals surface area contributed by atoms with Crippen molar-refractivity contribution >= 4 is 8.96 Å². The van der Waals surface area contributed by atoms with Crippen molar-refractivity contribution in [2.75, 3.05) is 6.61 Å². The summed E-state index contributed by atoms with van der Waals surface area (Å²) in [6, 6.07) is 1.17. The molecule has 2 nitrogen and oxygen atoms in total. The monoisotopic (exact) mass is 177 g/mol. The standard InChI is InChI=1S/C8H20NOP/c1-6-10-11-9(7(2)3)8(4)5/h7-8,11H,6H2,1-5H3. The number of hydrogen-bond acceptors (Lipinski definition) is 2. The van der Waals surface area contributed by atoms with Crippen molar-refractivity contribution in [3.8, 4) is 0 Å². The second kappa shape index (κ2) is 5.93. The van der Waals surface area contributed by atoms with Gasteiger partial charge < -0.3 is 4.52 Å². The highest BCUT2D eigenvalue weighted by Gasteiger charge is 2.12. The third-order valence-corrected chi connectivity index (χ3v) is 3.09. The molecule has 0 rings (SSSR count). The Hall–Kier alpha value is 0.350. The number of hydrogen-bond donors (Lipinski definition) is 0. The predicted octanol–water partition coefficient (Wildman–Crippen LogP) is 2.65. The van der Waals surface area contributed by atoms with Gasteiger partial charge in [0.05, 0.1) is 8.96 Å². The van der Waals surface area contributed by atoms with E-state index in [0.717, 1.165) is 6.61 Å². The van der Waals surface area contributed by atoms with Gasteiger partial charge in [0, 0.05) is 18.7 Å². The highest BCUT2D eigenvalue weighted by Crippen LogP contribution is 2.24. The predicted molar refractivity (Wildman–Crippen MR) is 52.1 cm³/mol. The van der Waals surface area contributed by atoms with Crippen molar-refractivity contribution in [3.63, 3.8) is 0 Å². The Labute approximate surface area is 72.2 Å². The SMILES string of the molecule is CCOPN(C(C)C)C(C)C. The fourth-order valence-corrected chi connectivity index (χ4v) is 1.65. The zero-order chi connectivity index (χ0) is 8.85.